The molecule has 0 bridgehead atoms. The first kappa shape index (κ1) is 19.3. The minimum absolute atomic E-state index is 0.107. The average Bonchev–Trinajstić information content (AvgIpc) is 3.05. The van der Waals surface area contributed by atoms with Crippen molar-refractivity contribution in [2.45, 2.75) is 50.5 Å². The molecule has 3 rings (SSSR count). The molecule has 1 fully saturated rings. The largest absolute Gasteiger partial charge is 0.480 e. The van der Waals surface area contributed by atoms with E-state index in [-0.39, 0.29) is 17.8 Å². The van der Waals surface area contributed by atoms with Crippen molar-refractivity contribution < 1.29 is 19.3 Å². The fraction of sp³-hybridized carbons (Fsp3) is 0.632. The number of aryl methyl sites for hydroxylation is 1. The number of piperidine rings is 1. The summed E-state index contributed by atoms with van der Waals surface area (Å²) in [7, 11) is 1.11. The zero-order valence-electron chi connectivity index (χ0n) is 15.0. The van der Waals surface area contributed by atoms with Gasteiger partial charge in [-0.15, -0.1) is 0 Å². The molecule has 5 nitrogen and oxygen atoms in total. The molecule has 0 aromatic heterocycles. The molecule has 2 atom stereocenters. The maximum atomic E-state index is 13.6. The second kappa shape index (κ2) is 8.97. The van der Waals surface area contributed by atoms with E-state index < -0.39 is 12.0 Å². The summed E-state index contributed by atoms with van der Waals surface area (Å²) >= 11 is 0. The molecule has 1 aliphatic heterocycles. The molecule has 1 radical (unpaired) electrons. The van der Waals surface area contributed by atoms with Crippen LogP contribution in [0.1, 0.15) is 42.9 Å². The highest BCUT2D eigenvalue weighted by Gasteiger charge is 2.35. The van der Waals surface area contributed by atoms with E-state index in [0.717, 1.165) is 58.2 Å². The molecule has 2 aliphatic rings. The van der Waals surface area contributed by atoms with Crippen molar-refractivity contribution in [3.8, 4) is 0 Å². The Balaban J connectivity index is 1.55. The number of halogens is 1. The van der Waals surface area contributed by atoms with Gasteiger partial charge in [0.1, 0.15) is 11.9 Å². The molecule has 141 valence electrons. The van der Waals surface area contributed by atoms with Crippen LogP contribution in [0, 0.1) is 11.7 Å². The number of hydrogen-bond donors (Lipinski definition) is 3. The fourth-order valence-electron chi connectivity index (χ4n) is 4.40. The van der Waals surface area contributed by atoms with E-state index in [1.54, 1.807) is 6.07 Å². The number of nitrogens with zero attached hydrogens (tertiary/aromatic N) is 1. The normalized spacial score (nSPS) is 22.2. The fourth-order valence-corrected chi connectivity index (χ4v) is 4.40. The lowest BCUT2D eigenvalue weighted by Crippen LogP contribution is -2.48. The van der Waals surface area contributed by atoms with E-state index in [1.165, 1.54) is 11.6 Å². The Labute approximate surface area is 154 Å². The van der Waals surface area contributed by atoms with Crippen LogP contribution in [-0.4, -0.2) is 54.2 Å². The van der Waals surface area contributed by atoms with E-state index in [0.29, 0.717) is 12.9 Å². The van der Waals surface area contributed by atoms with Gasteiger partial charge in [-0.1, -0.05) is 12.4 Å². The lowest BCUT2D eigenvalue weighted by atomic mass is 9.87. The topological polar surface area (TPSA) is 72.8 Å². The summed E-state index contributed by atoms with van der Waals surface area (Å²) in [6, 6.07) is 4.82. The van der Waals surface area contributed by atoms with E-state index >= 15 is 0 Å². The van der Waals surface area contributed by atoms with Crippen LogP contribution in [-0.2, 0) is 11.2 Å². The second-order valence-electron chi connectivity index (χ2n) is 7.37. The van der Waals surface area contributed by atoms with Gasteiger partial charge in [0, 0.05) is 6.04 Å². The Kier molecular flexibility index (Phi) is 6.67. The maximum Gasteiger partial charge on any atom is 0.320 e. The summed E-state index contributed by atoms with van der Waals surface area (Å²) in [4.78, 5) is 14.0. The molecule has 1 heterocycles. The van der Waals surface area contributed by atoms with Gasteiger partial charge in [0.05, 0.1) is 0 Å². The highest BCUT2D eigenvalue weighted by Crippen LogP contribution is 2.38. The van der Waals surface area contributed by atoms with Crippen LogP contribution >= 0.6 is 0 Å². The van der Waals surface area contributed by atoms with Crippen LogP contribution in [0.5, 0.6) is 0 Å². The molecule has 0 spiro atoms. The molecular weight excluding hydrogens is 334 g/mol. The molecule has 3 N–H and O–H groups in total. The van der Waals surface area contributed by atoms with Crippen molar-refractivity contribution in [2.24, 2.45) is 5.92 Å². The first-order valence-corrected chi connectivity index (χ1v) is 9.54. The highest BCUT2D eigenvalue weighted by atomic mass is 19.1. The van der Waals surface area contributed by atoms with E-state index in [4.69, 9.17) is 5.02 Å². The Morgan fingerprint density at radius 1 is 1.35 bits per heavy atom. The van der Waals surface area contributed by atoms with Gasteiger partial charge in [0.2, 0.25) is 0 Å². The van der Waals surface area contributed by atoms with Crippen molar-refractivity contribution in [3.63, 3.8) is 0 Å². The number of hydrogen-bond acceptors (Lipinski definition) is 4. The molecule has 1 aliphatic carbocycles. The molecule has 0 saturated carbocycles. The third kappa shape index (κ3) is 4.45. The number of aliphatic carboxylic acids is 1. The summed E-state index contributed by atoms with van der Waals surface area (Å²) in [6.07, 6.45) is 4.95. The summed E-state index contributed by atoms with van der Waals surface area (Å²) in [5.41, 5.74) is 2.35. The van der Waals surface area contributed by atoms with E-state index in [9.17, 15) is 14.3 Å². The van der Waals surface area contributed by atoms with Gasteiger partial charge in [-0.05, 0) is 80.9 Å². The summed E-state index contributed by atoms with van der Waals surface area (Å²) in [5, 5.41) is 21.4. The predicted molar refractivity (Wildman–Crippen MR) is 98.6 cm³/mol. The van der Waals surface area contributed by atoms with Crippen LogP contribution in [0.15, 0.2) is 18.2 Å². The summed E-state index contributed by atoms with van der Waals surface area (Å²) < 4.78 is 13.6. The molecule has 26 heavy (non-hydrogen) atoms. The number of carboxylic acid groups (broad SMARTS) is 1. The zero-order valence-corrected chi connectivity index (χ0v) is 15.0. The van der Waals surface area contributed by atoms with Gasteiger partial charge >= 0.3 is 5.97 Å². The molecule has 0 amide bonds. The Bertz CT molecular complexity index is 623. The predicted octanol–water partition coefficient (Wildman–Crippen LogP) is 1.99. The van der Waals surface area contributed by atoms with E-state index in [1.807, 2.05) is 6.07 Å². The third-order valence-electron chi connectivity index (χ3n) is 5.78. The van der Waals surface area contributed by atoms with Crippen LogP contribution < -0.4 is 5.32 Å². The molecule has 1 saturated heterocycles. The van der Waals surface area contributed by atoms with Crippen molar-refractivity contribution in [1.29, 1.82) is 0 Å². The van der Waals surface area contributed by atoms with Gasteiger partial charge in [-0.2, -0.15) is 0 Å². The molecular formula is C19H27BFN2O3. The van der Waals surface area contributed by atoms with Crippen molar-refractivity contribution >= 4 is 13.5 Å². The van der Waals surface area contributed by atoms with Crippen LogP contribution in [0.2, 0.25) is 6.32 Å². The van der Waals surface area contributed by atoms with Crippen LogP contribution in [0.25, 0.3) is 0 Å². The quantitative estimate of drug-likeness (QED) is 0.488. The number of nitrogens with one attached hydrogen (secondary N) is 1. The maximum absolute atomic E-state index is 13.6. The highest BCUT2D eigenvalue weighted by molar-refractivity contribution is 6.25. The first-order valence-electron chi connectivity index (χ1n) is 9.54. The number of carboxylic acids is 1. The summed E-state index contributed by atoms with van der Waals surface area (Å²) in [5.74, 6) is -0.874. The Morgan fingerprint density at radius 3 is 2.81 bits per heavy atom. The zero-order chi connectivity index (χ0) is 18.5. The molecule has 1 aromatic rings. The van der Waals surface area contributed by atoms with Crippen molar-refractivity contribution in [2.75, 3.05) is 19.6 Å². The Hall–Kier alpha value is -1.44. The van der Waals surface area contributed by atoms with Gasteiger partial charge < -0.3 is 15.4 Å². The van der Waals surface area contributed by atoms with Gasteiger partial charge in [0.25, 0.3) is 7.48 Å². The van der Waals surface area contributed by atoms with E-state index in [2.05, 4.69) is 10.2 Å². The number of benzene rings is 1. The monoisotopic (exact) mass is 361 g/mol. The second-order valence-corrected chi connectivity index (χ2v) is 7.37. The van der Waals surface area contributed by atoms with Gasteiger partial charge in [-0.3, -0.25) is 9.69 Å². The van der Waals surface area contributed by atoms with Crippen LogP contribution in [0.4, 0.5) is 4.39 Å². The standard InChI is InChI=1S/C19H27BFN2O3/c21-15-4-2-13-3-5-17(16(13)12-15)23-10-6-14(7-11-23)18(19(24)25)22-9-1-8-20-26/h2,4,12,14,17-18,22,26H,1,3,5-11H2,(H,24,25). The lowest BCUT2D eigenvalue weighted by Gasteiger charge is -2.38. The number of rotatable bonds is 8. The molecule has 1 aromatic carbocycles. The average molecular weight is 361 g/mol. The molecule has 7 heteroatoms. The number of carbonyl (C=O) groups is 1. The first-order chi connectivity index (χ1) is 12.6. The summed E-state index contributed by atoms with van der Waals surface area (Å²) in [6.45, 7) is 2.28. The van der Waals surface area contributed by atoms with Gasteiger partial charge in [-0.25, -0.2) is 4.39 Å². The Morgan fingerprint density at radius 2 is 2.12 bits per heavy atom. The smallest absolute Gasteiger partial charge is 0.320 e. The van der Waals surface area contributed by atoms with Crippen molar-refractivity contribution in [3.05, 3.63) is 35.1 Å². The number of likely N-dealkylation sites (tertiary alicyclic amines) is 1. The van der Waals surface area contributed by atoms with Gasteiger partial charge in [0.15, 0.2) is 0 Å². The molecule has 2 unspecified atom stereocenters. The van der Waals surface area contributed by atoms with Crippen molar-refractivity contribution in [1.82, 2.24) is 10.2 Å². The SMILES string of the molecule is O=C(O)C(NCCC[B]O)C1CCN(C2CCc3ccc(F)cc32)CC1. The number of fused-ring (bicyclic) bond motifs is 1. The van der Waals surface area contributed by atoms with Crippen LogP contribution in [0.3, 0.4) is 0 Å². The lowest BCUT2D eigenvalue weighted by molar-refractivity contribution is -0.141. The minimum atomic E-state index is -0.801. The third-order valence-corrected chi connectivity index (χ3v) is 5.78. The minimum Gasteiger partial charge on any atom is -0.480 e.